The Bertz CT molecular complexity index is 709. The van der Waals surface area contributed by atoms with Gasteiger partial charge < -0.3 is 25.0 Å². The molecule has 0 N–H and O–H groups in total. The van der Waals surface area contributed by atoms with E-state index in [-0.39, 0.29) is 154 Å². The Kier molecular flexibility index (Phi) is 23.5. The summed E-state index contributed by atoms with van der Waals surface area (Å²) in [6, 6.07) is 6.55. The van der Waals surface area contributed by atoms with Gasteiger partial charge in [0.2, 0.25) is 0 Å². The van der Waals surface area contributed by atoms with Crippen LogP contribution >= 0.6 is 0 Å². The van der Waals surface area contributed by atoms with Crippen LogP contribution in [-0.2, 0) is 30.3 Å². The van der Waals surface area contributed by atoms with Gasteiger partial charge in [0.05, 0.1) is 18.2 Å². The van der Waals surface area contributed by atoms with Gasteiger partial charge in [0, 0.05) is 26.1 Å². The summed E-state index contributed by atoms with van der Waals surface area (Å²) in [4.78, 5) is 46.2. The van der Waals surface area contributed by atoms with Gasteiger partial charge in [0.1, 0.15) is 11.6 Å². The van der Waals surface area contributed by atoms with Crippen molar-refractivity contribution >= 4 is 29.1 Å². The summed E-state index contributed by atoms with van der Waals surface area (Å²) in [5.41, 5.74) is 1.14. The van der Waals surface area contributed by atoms with Crippen LogP contribution in [0.5, 0.6) is 0 Å². The number of Topliss-reactive ketones (excluding diaryl/α,β-unsaturated/α-hetero) is 2. The minimum absolute atomic E-state index is 0. The molecule has 1 aromatic carbocycles. The van der Waals surface area contributed by atoms with Crippen LogP contribution in [0.4, 0.5) is 5.69 Å². The molecule has 9 heteroatoms. The van der Waals surface area contributed by atoms with E-state index in [1.54, 1.807) is 24.3 Å². The van der Waals surface area contributed by atoms with Gasteiger partial charge in [-0.1, -0.05) is 51.0 Å². The van der Waals surface area contributed by atoms with Crippen LogP contribution in [0.15, 0.2) is 24.3 Å². The molecule has 166 valence electrons. The van der Waals surface area contributed by atoms with Gasteiger partial charge in [0.25, 0.3) is 0 Å². The van der Waals surface area contributed by atoms with E-state index in [9.17, 15) is 19.2 Å². The molecule has 0 heterocycles. The Morgan fingerprint density at radius 2 is 1.56 bits per heavy atom. The van der Waals surface area contributed by atoms with Crippen LogP contribution in [0.1, 0.15) is 58.4 Å². The third-order valence-corrected chi connectivity index (χ3v) is 4.18. The third-order valence-electron chi connectivity index (χ3n) is 4.18. The second kappa shape index (κ2) is 21.4. The summed E-state index contributed by atoms with van der Waals surface area (Å²) in [5, 5.41) is 7.68. The second-order valence-corrected chi connectivity index (χ2v) is 7.72. The predicted molar refractivity (Wildman–Crippen MR) is 116 cm³/mol. The van der Waals surface area contributed by atoms with Crippen molar-refractivity contribution in [2.75, 3.05) is 19.8 Å². The molecule has 32 heavy (non-hydrogen) atoms. The number of carbonyl (C=O) groups excluding carboxylic acids is 4. The number of benzene rings is 1. The number of amides is 2. The Balaban J connectivity index is 0. The topological polar surface area (TPSA) is 106 Å². The summed E-state index contributed by atoms with van der Waals surface area (Å²) in [7, 11) is 0. The van der Waals surface area contributed by atoms with Crippen molar-refractivity contribution in [3.63, 3.8) is 0 Å². The zero-order chi connectivity index (χ0) is 22.4. The first kappa shape index (κ1) is 35.2. The number of rotatable bonds is 15. The van der Waals surface area contributed by atoms with Crippen molar-refractivity contribution in [1.82, 2.24) is 0 Å². The number of nitrogens with zero attached hydrogens (tertiary/aromatic N) is 2. The Labute approximate surface area is 289 Å². The fourth-order valence-corrected chi connectivity index (χ4v) is 2.72. The fraction of sp³-hybridized carbons (Fsp3) is 0.565. The molecule has 0 fully saturated rings. The van der Waals surface area contributed by atoms with E-state index in [4.69, 9.17) is 4.74 Å². The normalized spacial score (nSPS) is 10.0. The van der Waals surface area contributed by atoms with Crippen molar-refractivity contribution < 1.29 is 140 Å². The van der Waals surface area contributed by atoms with E-state index in [1.165, 1.54) is 13.3 Å². The molecule has 0 bridgehead atoms. The minimum Gasteiger partial charge on any atom is -0.651 e. The molecule has 0 aliphatic rings. The number of hydrogen-bond donors (Lipinski definition) is 0. The summed E-state index contributed by atoms with van der Waals surface area (Å²) in [5.74, 6) is -0.715. The van der Waals surface area contributed by atoms with Crippen LogP contribution in [0.2, 0.25) is 0 Å². The first-order chi connectivity index (χ1) is 14.3. The summed E-state index contributed by atoms with van der Waals surface area (Å²) < 4.78 is 5.43. The molecular weight excluding hydrogens is 555 g/mol. The van der Waals surface area contributed by atoms with Crippen molar-refractivity contribution in [3.05, 3.63) is 40.5 Å². The molecule has 0 spiro atoms. The molecule has 0 saturated heterocycles. The summed E-state index contributed by atoms with van der Waals surface area (Å²) in [6.45, 7) is 7.01. The number of unbranched alkanes of at least 4 members (excludes halogenated alkanes) is 1. The number of ketones is 2. The average molecular weight is 587 g/mol. The minimum atomic E-state index is -0.571. The van der Waals surface area contributed by atoms with E-state index in [2.05, 4.69) is 24.5 Å². The average Bonchev–Trinajstić information content (AvgIpc) is 2.64. The number of hydrogen-bond acceptors (Lipinski definition) is 5. The molecule has 1 aromatic rings. The van der Waals surface area contributed by atoms with Gasteiger partial charge in [-0.15, -0.1) is 12.2 Å². The molecule has 0 atom stereocenters. The third kappa shape index (κ3) is 19.4. The van der Waals surface area contributed by atoms with Crippen LogP contribution in [0, 0.1) is 5.92 Å². The number of carbonyl (C=O) groups is 4. The molecule has 2 amide bonds. The van der Waals surface area contributed by atoms with Gasteiger partial charge in [0.15, 0.2) is 0 Å². The zero-order valence-corrected chi connectivity index (χ0v) is 30.0. The van der Waals surface area contributed by atoms with Crippen LogP contribution in [0.3, 0.4) is 0 Å². The monoisotopic (exact) mass is 586 g/mol. The van der Waals surface area contributed by atoms with E-state index in [0.717, 1.165) is 18.4 Å². The molecule has 0 radical (unpaired) electrons. The standard InChI is InChI=1S/C23H34N2O5.2Rb/c1-17(2)6-4-5-12-30-13-11-24-22(28)16-23(29)25-20-9-7-19(8-10-20)15-21(27)14-18(3)26;;/h7-10,17H,4-6,11-16H2,1-3H3,(H2,24,25,28,29);;/q;2*+1/p-2. The van der Waals surface area contributed by atoms with Gasteiger partial charge in [-0.05, 0) is 24.8 Å². The molecular formula is C23H32N2O5Rb2. The van der Waals surface area contributed by atoms with Crippen LogP contribution in [0.25, 0.3) is 10.6 Å². The zero-order valence-electron chi connectivity index (χ0n) is 20.2. The number of ether oxygens (including phenoxy) is 1. The maximum Gasteiger partial charge on any atom is 1.00 e. The van der Waals surface area contributed by atoms with Crippen LogP contribution < -0.4 is 116 Å². The fourth-order valence-electron chi connectivity index (χ4n) is 2.72. The van der Waals surface area contributed by atoms with Crippen molar-refractivity contribution in [3.8, 4) is 0 Å². The van der Waals surface area contributed by atoms with Crippen molar-refractivity contribution in [2.24, 2.45) is 5.92 Å². The maximum absolute atomic E-state index is 11.9. The molecule has 1 rings (SSSR count). The predicted octanol–water partition coefficient (Wildman–Crippen LogP) is -1.55. The first-order valence-corrected chi connectivity index (χ1v) is 10.4. The summed E-state index contributed by atoms with van der Waals surface area (Å²) >= 11 is 0. The Morgan fingerprint density at radius 1 is 0.906 bits per heavy atom. The second-order valence-electron chi connectivity index (χ2n) is 7.72. The molecule has 0 unspecified atom stereocenters. The maximum atomic E-state index is 11.9. The van der Waals surface area contributed by atoms with Gasteiger partial charge in [-0.25, -0.2) is 0 Å². The van der Waals surface area contributed by atoms with E-state index in [0.29, 0.717) is 24.8 Å². The van der Waals surface area contributed by atoms with E-state index >= 15 is 0 Å². The van der Waals surface area contributed by atoms with Crippen LogP contribution in [-0.4, -0.2) is 43.1 Å². The Hall–Kier alpha value is 1.07. The molecule has 0 aliphatic carbocycles. The first-order valence-electron chi connectivity index (χ1n) is 10.4. The Morgan fingerprint density at radius 3 is 2.16 bits per heavy atom. The van der Waals surface area contributed by atoms with Crippen molar-refractivity contribution in [1.29, 1.82) is 0 Å². The molecule has 0 aromatic heterocycles. The van der Waals surface area contributed by atoms with Gasteiger partial charge in [-0.3, -0.25) is 9.59 Å². The quantitative estimate of drug-likeness (QED) is 0.183. The van der Waals surface area contributed by atoms with Gasteiger partial charge in [-0.2, -0.15) is 0 Å². The smallest absolute Gasteiger partial charge is 0.651 e. The van der Waals surface area contributed by atoms with E-state index < -0.39 is 11.8 Å². The van der Waals surface area contributed by atoms with Crippen molar-refractivity contribution in [2.45, 2.75) is 59.3 Å². The SMILES string of the molecule is CC(=O)CC(=O)Cc1ccc([N-]C(=O)CC(=O)[N-]CCOCCCCC(C)C)cc1.[Rb+].[Rb+]. The molecule has 0 aliphatic heterocycles. The summed E-state index contributed by atoms with van der Waals surface area (Å²) in [6.07, 6.45) is 2.99. The largest absolute Gasteiger partial charge is 1.00 e. The van der Waals surface area contributed by atoms with E-state index in [1.807, 2.05) is 0 Å². The van der Waals surface area contributed by atoms with Gasteiger partial charge >= 0.3 is 116 Å². The molecule has 0 saturated carbocycles. The molecule has 7 nitrogen and oxygen atoms in total.